The molecule has 0 radical (unpaired) electrons. The molecule has 1 aromatic rings. The zero-order chi connectivity index (χ0) is 12.0. The Balaban J connectivity index is 2.74. The highest BCUT2D eigenvalue weighted by Crippen LogP contribution is 2.08. The summed E-state index contributed by atoms with van der Waals surface area (Å²) in [6, 6.07) is 5.90. The summed E-state index contributed by atoms with van der Waals surface area (Å²) < 4.78 is 0. The molecule has 0 aliphatic heterocycles. The quantitative estimate of drug-likeness (QED) is 0.446. The van der Waals surface area contributed by atoms with Gasteiger partial charge in [0.1, 0.15) is 0 Å². The minimum atomic E-state index is 0.656. The lowest BCUT2D eigenvalue weighted by molar-refractivity contribution is 0.502. The molecule has 84 valence electrons. The number of amidine groups is 1. The molecule has 0 aliphatic rings. The van der Waals surface area contributed by atoms with E-state index >= 15 is 0 Å². The van der Waals surface area contributed by atoms with Gasteiger partial charge < -0.3 is 4.90 Å². The molecule has 1 rings (SSSR count). The van der Waals surface area contributed by atoms with Crippen molar-refractivity contribution in [3.05, 3.63) is 29.6 Å². The van der Waals surface area contributed by atoms with Crippen LogP contribution >= 0.6 is 11.8 Å². The number of aliphatic imine (C=N–C) groups is 1. The molecule has 5 heteroatoms. The van der Waals surface area contributed by atoms with E-state index in [1.807, 2.05) is 43.3 Å². The summed E-state index contributed by atoms with van der Waals surface area (Å²) in [5.41, 5.74) is 1.97. The van der Waals surface area contributed by atoms with E-state index in [-0.39, 0.29) is 0 Å². The average Bonchev–Trinajstić information content (AvgIpc) is 2.25. The van der Waals surface area contributed by atoms with Crippen LogP contribution in [0.1, 0.15) is 11.4 Å². The van der Waals surface area contributed by atoms with Gasteiger partial charge in [-0.15, -0.1) is 4.99 Å². The van der Waals surface area contributed by atoms with Crippen LogP contribution in [-0.2, 0) is 6.54 Å². The van der Waals surface area contributed by atoms with Crippen molar-refractivity contribution in [3.8, 4) is 6.19 Å². The Morgan fingerprint density at radius 1 is 1.62 bits per heavy atom. The summed E-state index contributed by atoms with van der Waals surface area (Å²) in [5, 5.41) is 9.23. The van der Waals surface area contributed by atoms with Crippen molar-refractivity contribution in [1.29, 1.82) is 5.26 Å². The second-order valence-electron chi connectivity index (χ2n) is 3.32. The van der Waals surface area contributed by atoms with E-state index in [9.17, 15) is 0 Å². The van der Waals surface area contributed by atoms with Gasteiger partial charge in [-0.2, -0.15) is 5.26 Å². The second kappa shape index (κ2) is 6.13. The molecule has 0 fully saturated rings. The number of hydrogen-bond acceptors (Lipinski definition) is 4. The number of aryl methyl sites for hydroxylation is 1. The van der Waals surface area contributed by atoms with Crippen molar-refractivity contribution in [2.45, 2.75) is 13.5 Å². The van der Waals surface area contributed by atoms with Crippen molar-refractivity contribution < 1.29 is 0 Å². The van der Waals surface area contributed by atoms with E-state index in [0.29, 0.717) is 11.7 Å². The molecular formula is C11H14N4S. The van der Waals surface area contributed by atoms with Gasteiger partial charge in [0.15, 0.2) is 5.17 Å². The maximum atomic E-state index is 8.53. The third-order valence-corrected chi connectivity index (χ3v) is 2.77. The normalized spacial score (nSPS) is 11.0. The lowest BCUT2D eigenvalue weighted by atomic mass is 10.3. The largest absolute Gasteiger partial charge is 0.348 e. The van der Waals surface area contributed by atoms with Gasteiger partial charge in [-0.1, -0.05) is 17.8 Å². The smallest absolute Gasteiger partial charge is 0.208 e. The maximum Gasteiger partial charge on any atom is 0.208 e. The standard InChI is InChI=1S/C11H14N4S/c1-9-5-4-6-10(14-9)7-15(2)11(16-3)13-8-12/h4-6H,7H2,1-3H3. The third-order valence-electron chi connectivity index (χ3n) is 2.00. The zero-order valence-electron chi connectivity index (χ0n) is 9.64. The van der Waals surface area contributed by atoms with Crippen LogP contribution in [0, 0.1) is 18.4 Å². The van der Waals surface area contributed by atoms with Gasteiger partial charge >= 0.3 is 0 Å². The molecule has 0 spiro atoms. The number of nitriles is 1. The highest BCUT2D eigenvalue weighted by atomic mass is 32.2. The number of pyridine rings is 1. The van der Waals surface area contributed by atoms with Gasteiger partial charge in [0.2, 0.25) is 6.19 Å². The van der Waals surface area contributed by atoms with Gasteiger partial charge in [-0.25, -0.2) is 0 Å². The van der Waals surface area contributed by atoms with Crippen LogP contribution in [0.2, 0.25) is 0 Å². The van der Waals surface area contributed by atoms with Gasteiger partial charge in [0.25, 0.3) is 0 Å². The molecule has 0 saturated heterocycles. The molecule has 0 aromatic carbocycles. The summed E-state index contributed by atoms with van der Waals surface area (Å²) in [7, 11) is 1.90. The van der Waals surface area contributed by atoms with E-state index in [1.54, 1.807) is 6.19 Å². The van der Waals surface area contributed by atoms with E-state index in [2.05, 4.69) is 9.98 Å². The maximum absolute atomic E-state index is 8.53. The van der Waals surface area contributed by atoms with E-state index in [4.69, 9.17) is 5.26 Å². The molecule has 0 saturated carbocycles. The summed E-state index contributed by atoms with van der Waals surface area (Å²) in [6.45, 7) is 2.62. The fraction of sp³-hybridized carbons (Fsp3) is 0.364. The molecule has 0 atom stereocenters. The first kappa shape index (κ1) is 12.5. The fourth-order valence-electron chi connectivity index (χ4n) is 1.33. The van der Waals surface area contributed by atoms with E-state index in [0.717, 1.165) is 11.4 Å². The summed E-state index contributed by atoms with van der Waals surface area (Å²) >= 11 is 1.45. The Labute approximate surface area is 100 Å². The van der Waals surface area contributed by atoms with Gasteiger partial charge in [-0.05, 0) is 25.3 Å². The highest BCUT2D eigenvalue weighted by Gasteiger charge is 2.06. The predicted octanol–water partition coefficient (Wildman–Crippen LogP) is 2.02. The van der Waals surface area contributed by atoms with Crippen LogP contribution < -0.4 is 0 Å². The first-order valence-electron chi connectivity index (χ1n) is 4.82. The van der Waals surface area contributed by atoms with Crippen LogP contribution in [0.4, 0.5) is 0 Å². The number of nitrogens with zero attached hydrogens (tertiary/aromatic N) is 4. The molecule has 1 heterocycles. The fourth-order valence-corrected chi connectivity index (χ4v) is 1.84. The van der Waals surface area contributed by atoms with E-state index in [1.165, 1.54) is 11.8 Å². The van der Waals surface area contributed by atoms with Gasteiger partial charge in [0, 0.05) is 12.7 Å². The highest BCUT2D eigenvalue weighted by molar-refractivity contribution is 8.13. The molecule has 0 bridgehead atoms. The second-order valence-corrected chi connectivity index (χ2v) is 4.10. The van der Waals surface area contributed by atoms with Crippen molar-refractivity contribution in [1.82, 2.24) is 9.88 Å². The molecule has 16 heavy (non-hydrogen) atoms. The molecule has 0 amide bonds. The molecule has 4 nitrogen and oxygen atoms in total. The minimum Gasteiger partial charge on any atom is -0.348 e. The molecular weight excluding hydrogens is 220 g/mol. The van der Waals surface area contributed by atoms with Crippen LogP contribution in [0.5, 0.6) is 0 Å². The van der Waals surface area contributed by atoms with Crippen molar-refractivity contribution in [3.63, 3.8) is 0 Å². The Morgan fingerprint density at radius 2 is 2.38 bits per heavy atom. The first-order valence-corrected chi connectivity index (χ1v) is 6.04. The van der Waals surface area contributed by atoms with Crippen molar-refractivity contribution >= 4 is 16.9 Å². The molecule has 1 aromatic heterocycles. The molecule has 0 N–H and O–H groups in total. The van der Waals surface area contributed by atoms with Gasteiger partial charge in [-0.3, -0.25) is 4.98 Å². The Hall–Kier alpha value is -1.54. The Kier molecular flexibility index (Phi) is 4.80. The average molecular weight is 234 g/mol. The van der Waals surface area contributed by atoms with Crippen molar-refractivity contribution in [2.75, 3.05) is 13.3 Å². The number of aromatic nitrogens is 1. The summed E-state index contributed by atoms with van der Waals surface area (Å²) in [6.07, 6.45) is 3.70. The van der Waals surface area contributed by atoms with Crippen LogP contribution in [0.25, 0.3) is 0 Å². The third kappa shape index (κ3) is 3.55. The number of hydrogen-bond donors (Lipinski definition) is 0. The van der Waals surface area contributed by atoms with Crippen LogP contribution in [-0.4, -0.2) is 28.4 Å². The van der Waals surface area contributed by atoms with Crippen LogP contribution in [0.15, 0.2) is 23.2 Å². The summed E-state index contributed by atoms with van der Waals surface area (Å²) in [4.78, 5) is 10.1. The van der Waals surface area contributed by atoms with Gasteiger partial charge in [0.05, 0.1) is 12.2 Å². The lowest BCUT2D eigenvalue weighted by Gasteiger charge is -2.18. The number of rotatable bonds is 2. The predicted molar refractivity (Wildman–Crippen MR) is 67.0 cm³/mol. The van der Waals surface area contributed by atoms with Crippen LogP contribution in [0.3, 0.4) is 0 Å². The molecule has 0 aliphatic carbocycles. The SMILES string of the molecule is CSC(=NC#N)N(C)Cc1cccc(C)n1. The number of thioether (sulfide) groups is 1. The lowest BCUT2D eigenvalue weighted by Crippen LogP contribution is -2.23. The topological polar surface area (TPSA) is 52.3 Å². The molecule has 0 unspecified atom stereocenters. The monoisotopic (exact) mass is 234 g/mol. The zero-order valence-corrected chi connectivity index (χ0v) is 10.5. The van der Waals surface area contributed by atoms with Crippen molar-refractivity contribution in [2.24, 2.45) is 4.99 Å². The Bertz CT molecular complexity index is 422. The summed E-state index contributed by atoms with van der Waals surface area (Å²) in [5.74, 6) is 0. The first-order chi connectivity index (χ1) is 7.67. The Morgan fingerprint density at radius 3 is 2.94 bits per heavy atom. The van der Waals surface area contributed by atoms with E-state index < -0.39 is 0 Å². The minimum absolute atomic E-state index is 0.656.